The Balaban J connectivity index is 0.000000980. The van der Waals surface area contributed by atoms with Gasteiger partial charge >= 0.3 is 0 Å². The van der Waals surface area contributed by atoms with Crippen LogP contribution in [0.1, 0.15) is 0 Å². The molecule has 0 saturated carbocycles. The van der Waals surface area contributed by atoms with Crippen molar-refractivity contribution in [3.8, 4) is 22.8 Å². The number of nitrogens with one attached hydrogen (secondary N) is 2. The molecule has 28 heavy (non-hydrogen) atoms. The molecule has 0 bridgehead atoms. The maximum absolute atomic E-state index is 4.73. The molecule has 2 N–H and O–H groups in total. The molecule has 0 spiro atoms. The molecule has 3 aromatic carbocycles. The van der Waals surface area contributed by atoms with Crippen molar-refractivity contribution in [3.63, 3.8) is 0 Å². The molecule has 2 aromatic heterocycles. The predicted molar refractivity (Wildman–Crippen MR) is 96.6 cm³/mol. The van der Waals surface area contributed by atoms with Gasteiger partial charge in [0.25, 0.3) is 0 Å². The first-order chi connectivity index (χ1) is 11.9. The van der Waals surface area contributed by atoms with Crippen molar-refractivity contribution in [1.29, 1.82) is 0 Å². The second kappa shape index (κ2) is 10.0. The minimum atomic E-state index is 0. The van der Waals surface area contributed by atoms with Gasteiger partial charge in [-0.3, -0.25) is 0 Å². The summed E-state index contributed by atoms with van der Waals surface area (Å²) in [4.78, 5) is 16.3. The molecule has 5 rings (SSSR count). The van der Waals surface area contributed by atoms with Crippen molar-refractivity contribution in [3.05, 3.63) is 72.8 Å². The van der Waals surface area contributed by atoms with Gasteiger partial charge in [-0.15, -0.1) is 0 Å². The van der Waals surface area contributed by atoms with Crippen molar-refractivity contribution in [2.45, 2.75) is 0 Å². The molecule has 143 valence electrons. The first-order valence-electron chi connectivity index (χ1n) is 7.88. The fraction of sp³-hybridized carbons (Fsp3) is 0. The normalized spacial score (nSPS) is 9.71. The monoisotopic (exact) mass is 466 g/mol. The molecule has 1 radical (unpaired) electrons. The Hall–Kier alpha value is -1.95. The summed E-state index contributed by atoms with van der Waals surface area (Å²) < 4.78 is 0. The predicted octanol–water partition coefficient (Wildman–Crippen LogP) is -4.22. The van der Waals surface area contributed by atoms with Gasteiger partial charge in [0.1, 0.15) is 11.6 Å². The van der Waals surface area contributed by atoms with Crippen LogP contribution in [0.3, 0.4) is 0 Å². The molecule has 0 aliphatic carbocycles. The molecular weight excluding hydrogens is 454 g/mol. The summed E-state index contributed by atoms with van der Waals surface area (Å²) in [5, 5.41) is 0. The van der Waals surface area contributed by atoms with Gasteiger partial charge in [-0.25, -0.2) is 9.97 Å². The standard InChI is InChI=1S/C20H14N4.3ClH.V/c1-2-8-14(20-23-17-11-5-6-12-18(17)24-20)13(7-1)19-21-15-9-3-4-10-16(15)22-19;;;;/h1-12H,(H,21,22)(H,23,24);3*1H;/p-3. The molecule has 4 nitrogen and oxygen atoms in total. The van der Waals surface area contributed by atoms with Crippen LogP contribution in [-0.2, 0) is 18.6 Å². The van der Waals surface area contributed by atoms with Crippen LogP contribution < -0.4 is 37.2 Å². The maximum atomic E-state index is 4.73. The van der Waals surface area contributed by atoms with Crippen LogP contribution in [0, 0.1) is 0 Å². The number of halogens is 3. The van der Waals surface area contributed by atoms with Gasteiger partial charge in [-0.1, -0.05) is 48.5 Å². The fourth-order valence-electron chi connectivity index (χ4n) is 3.06. The number of aromatic nitrogens is 4. The first kappa shape index (κ1) is 24.1. The fourth-order valence-corrected chi connectivity index (χ4v) is 3.06. The van der Waals surface area contributed by atoms with Crippen LogP contribution in [0.2, 0.25) is 0 Å². The van der Waals surface area contributed by atoms with Crippen molar-refractivity contribution >= 4 is 22.1 Å². The maximum Gasteiger partial charge on any atom is 0.139 e. The second-order valence-electron chi connectivity index (χ2n) is 5.75. The van der Waals surface area contributed by atoms with Gasteiger partial charge in [-0.2, -0.15) is 0 Å². The van der Waals surface area contributed by atoms with E-state index in [1.165, 1.54) is 0 Å². The van der Waals surface area contributed by atoms with E-state index < -0.39 is 0 Å². The topological polar surface area (TPSA) is 57.4 Å². The minimum Gasteiger partial charge on any atom is -1.00 e. The summed E-state index contributed by atoms with van der Waals surface area (Å²) in [5.74, 6) is 1.71. The van der Waals surface area contributed by atoms with Crippen LogP contribution in [0.4, 0.5) is 0 Å². The Kier molecular flexibility index (Phi) is 8.61. The number of imidazole rings is 2. The molecule has 8 heteroatoms. The van der Waals surface area contributed by atoms with Crippen molar-refractivity contribution in [2.75, 3.05) is 0 Å². The molecular formula is C20H14Cl3N4V-3. The molecule has 0 saturated heterocycles. The van der Waals surface area contributed by atoms with E-state index in [2.05, 4.69) is 22.1 Å². The zero-order valence-corrected chi connectivity index (χ0v) is 18.1. The van der Waals surface area contributed by atoms with Gasteiger partial charge in [0.05, 0.1) is 22.1 Å². The minimum absolute atomic E-state index is 0. The van der Waals surface area contributed by atoms with Gasteiger partial charge in [0.15, 0.2) is 0 Å². The summed E-state index contributed by atoms with van der Waals surface area (Å²) in [7, 11) is 0. The summed E-state index contributed by atoms with van der Waals surface area (Å²) in [6.45, 7) is 0. The number of H-pyrrole nitrogens is 2. The quantitative estimate of drug-likeness (QED) is 0.277. The van der Waals surface area contributed by atoms with E-state index in [0.29, 0.717) is 0 Å². The smallest absolute Gasteiger partial charge is 0.139 e. The Bertz CT molecular complexity index is 1030. The van der Waals surface area contributed by atoms with E-state index in [9.17, 15) is 0 Å². The molecule has 0 aliphatic heterocycles. The van der Waals surface area contributed by atoms with E-state index in [-0.39, 0.29) is 55.8 Å². The zero-order valence-electron chi connectivity index (χ0n) is 14.4. The van der Waals surface area contributed by atoms with Crippen LogP contribution in [0.5, 0.6) is 0 Å². The van der Waals surface area contributed by atoms with Gasteiger partial charge in [0.2, 0.25) is 0 Å². The molecule has 0 atom stereocenters. The Morgan fingerprint density at radius 2 is 0.857 bits per heavy atom. The first-order valence-corrected chi connectivity index (χ1v) is 7.88. The Morgan fingerprint density at radius 3 is 1.25 bits per heavy atom. The summed E-state index contributed by atoms with van der Waals surface area (Å²) in [5.41, 5.74) is 6.07. The second-order valence-corrected chi connectivity index (χ2v) is 5.75. The third kappa shape index (κ3) is 4.22. The van der Waals surface area contributed by atoms with E-state index >= 15 is 0 Å². The van der Waals surface area contributed by atoms with Crippen molar-refractivity contribution in [1.82, 2.24) is 19.9 Å². The number of rotatable bonds is 2. The van der Waals surface area contributed by atoms with E-state index in [0.717, 1.165) is 44.8 Å². The zero-order chi connectivity index (χ0) is 15.9. The third-order valence-electron chi connectivity index (χ3n) is 4.22. The third-order valence-corrected chi connectivity index (χ3v) is 4.22. The van der Waals surface area contributed by atoms with E-state index in [1.807, 2.05) is 60.7 Å². The number of nitrogens with zero attached hydrogens (tertiary/aromatic N) is 2. The average molecular weight is 468 g/mol. The molecule has 0 aliphatic rings. The Morgan fingerprint density at radius 1 is 0.500 bits per heavy atom. The average Bonchev–Trinajstić information content (AvgIpc) is 3.25. The van der Waals surface area contributed by atoms with Crippen molar-refractivity contribution < 1.29 is 55.8 Å². The largest absolute Gasteiger partial charge is 1.00 e. The van der Waals surface area contributed by atoms with E-state index in [4.69, 9.17) is 9.97 Å². The summed E-state index contributed by atoms with van der Waals surface area (Å²) >= 11 is 0. The van der Waals surface area contributed by atoms with Gasteiger partial charge < -0.3 is 47.2 Å². The van der Waals surface area contributed by atoms with Crippen LogP contribution >= 0.6 is 0 Å². The van der Waals surface area contributed by atoms with Gasteiger partial charge in [-0.05, 0) is 24.3 Å². The number of aromatic amines is 2. The molecule has 2 heterocycles. The van der Waals surface area contributed by atoms with Crippen LogP contribution in [0.15, 0.2) is 72.8 Å². The molecule has 5 aromatic rings. The number of fused-ring (bicyclic) bond motifs is 2. The summed E-state index contributed by atoms with van der Waals surface area (Å²) in [6, 6.07) is 24.3. The number of para-hydroxylation sites is 4. The van der Waals surface area contributed by atoms with Crippen molar-refractivity contribution in [2.24, 2.45) is 0 Å². The molecule has 0 unspecified atom stereocenters. The summed E-state index contributed by atoms with van der Waals surface area (Å²) in [6.07, 6.45) is 0. The number of hydrogen-bond acceptors (Lipinski definition) is 2. The molecule has 0 amide bonds. The van der Waals surface area contributed by atoms with Gasteiger partial charge in [0, 0.05) is 29.7 Å². The number of hydrogen-bond donors (Lipinski definition) is 2. The number of benzene rings is 3. The van der Waals surface area contributed by atoms with Crippen LogP contribution in [-0.4, -0.2) is 19.9 Å². The molecule has 0 fully saturated rings. The SMILES string of the molecule is [Cl-].[Cl-].[Cl-].[V].c1ccc(-c2nc3ccccc3[nH]2)c(-c2nc3ccccc3[nH]2)c1. The Labute approximate surface area is 192 Å². The van der Waals surface area contributed by atoms with Crippen LogP contribution in [0.25, 0.3) is 44.8 Å². The van der Waals surface area contributed by atoms with E-state index in [1.54, 1.807) is 0 Å².